The van der Waals surface area contributed by atoms with E-state index in [0.29, 0.717) is 24.5 Å². The summed E-state index contributed by atoms with van der Waals surface area (Å²) in [4.78, 5) is 19.1. The van der Waals surface area contributed by atoms with Gasteiger partial charge in [0.15, 0.2) is 0 Å². The van der Waals surface area contributed by atoms with Crippen molar-refractivity contribution in [2.24, 2.45) is 0 Å². The highest BCUT2D eigenvalue weighted by Crippen LogP contribution is 2.12. The molecule has 0 saturated heterocycles. The Kier molecular flexibility index (Phi) is 5.62. The largest absolute Gasteiger partial charge is 0.468 e. The third-order valence-corrected chi connectivity index (χ3v) is 4.26. The number of anilines is 1. The molecule has 0 spiro atoms. The zero-order valence-corrected chi connectivity index (χ0v) is 13.8. The molecule has 0 amide bonds. The van der Waals surface area contributed by atoms with Crippen molar-refractivity contribution in [2.45, 2.75) is 12.2 Å². The first-order valence-electron chi connectivity index (χ1n) is 7.49. The average Bonchev–Trinajstić information content (AvgIpc) is 3.11. The van der Waals surface area contributed by atoms with Gasteiger partial charge in [-0.05, 0) is 23.8 Å². The quantitative estimate of drug-likeness (QED) is 0.604. The van der Waals surface area contributed by atoms with Gasteiger partial charge in [-0.3, -0.25) is 9.78 Å². The van der Waals surface area contributed by atoms with E-state index in [4.69, 9.17) is 4.42 Å². The van der Waals surface area contributed by atoms with Crippen LogP contribution in [0.25, 0.3) is 0 Å². The summed E-state index contributed by atoms with van der Waals surface area (Å²) in [5.74, 6) is 3.16. The van der Waals surface area contributed by atoms with Crippen LogP contribution in [-0.4, -0.2) is 32.5 Å². The van der Waals surface area contributed by atoms with Crippen molar-refractivity contribution in [1.82, 2.24) is 20.2 Å². The molecule has 0 aromatic carbocycles. The van der Waals surface area contributed by atoms with Crippen molar-refractivity contribution in [3.8, 4) is 0 Å². The molecule has 0 atom stereocenters. The molecule has 0 aliphatic heterocycles. The van der Waals surface area contributed by atoms with Crippen LogP contribution in [0.1, 0.15) is 16.9 Å². The van der Waals surface area contributed by atoms with Gasteiger partial charge in [0, 0.05) is 36.7 Å². The molecule has 3 rings (SSSR count). The number of nitrogens with one attached hydrogen (secondary N) is 2. The summed E-state index contributed by atoms with van der Waals surface area (Å²) in [6, 6.07) is 5.66. The van der Waals surface area contributed by atoms with E-state index in [9.17, 15) is 4.79 Å². The minimum Gasteiger partial charge on any atom is -0.468 e. The summed E-state index contributed by atoms with van der Waals surface area (Å²) < 4.78 is 5.27. The maximum absolute atomic E-state index is 12.1. The molecule has 3 heterocycles. The van der Waals surface area contributed by atoms with Crippen molar-refractivity contribution >= 4 is 17.7 Å². The maximum atomic E-state index is 12.1. The molecular weight excluding hydrogens is 326 g/mol. The number of H-pyrrole nitrogens is 1. The van der Waals surface area contributed by atoms with E-state index >= 15 is 0 Å². The highest BCUT2D eigenvalue weighted by molar-refractivity contribution is 7.98. The molecule has 0 fully saturated rings. The molecule has 3 aromatic heterocycles. The Hall–Kier alpha value is -2.61. The Morgan fingerprint density at radius 2 is 2.21 bits per heavy atom. The van der Waals surface area contributed by atoms with E-state index in [1.807, 2.05) is 18.2 Å². The number of aromatic amines is 1. The molecule has 0 aliphatic rings. The standard InChI is InChI=1S/C16H17N5O2S/c22-15-13(8-12-3-4-19-20-9-12)10-18-16(21-15)17-5-7-24-11-14-2-1-6-23-14/h1-4,6,9-10H,5,7-8,11H2,(H2,17,18,21,22). The van der Waals surface area contributed by atoms with E-state index in [2.05, 4.69) is 25.5 Å². The summed E-state index contributed by atoms with van der Waals surface area (Å²) in [5, 5.41) is 10.6. The van der Waals surface area contributed by atoms with Crippen LogP contribution in [0.5, 0.6) is 0 Å². The van der Waals surface area contributed by atoms with Crippen LogP contribution in [0, 0.1) is 0 Å². The van der Waals surface area contributed by atoms with Crippen LogP contribution < -0.4 is 10.9 Å². The first kappa shape index (κ1) is 16.3. The first-order valence-corrected chi connectivity index (χ1v) is 8.64. The number of aromatic nitrogens is 4. The molecule has 0 radical (unpaired) electrons. The third-order valence-electron chi connectivity index (χ3n) is 3.28. The second-order valence-corrected chi connectivity index (χ2v) is 6.18. The van der Waals surface area contributed by atoms with Gasteiger partial charge in [-0.1, -0.05) is 0 Å². The minimum atomic E-state index is -0.146. The molecule has 3 aromatic rings. The SMILES string of the molecule is O=c1[nH]c(NCCSCc2ccco2)ncc1Cc1ccnnc1. The first-order chi connectivity index (χ1) is 11.8. The second kappa shape index (κ2) is 8.30. The van der Waals surface area contributed by atoms with Gasteiger partial charge in [0.1, 0.15) is 5.76 Å². The Labute approximate surface area is 142 Å². The molecule has 0 bridgehead atoms. The van der Waals surface area contributed by atoms with Gasteiger partial charge in [-0.15, -0.1) is 0 Å². The van der Waals surface area contributed by atoms with Crippen LogP contribution in [0.3, 0.4) is 0 Å². The van der Waals surface area contributed by atoms with Gasteiger partial charge in [0.2, 0.25) is 5.95 Å². The Bertz CT molecular complexity index is 805. The number of furan rings is 1. The molecule has 0 saturated carbocycles. The van der Waals surface area contributed by atoms with E-state index in [1.54, 1.807) is 36.6 Å². The number of hydrogen-bond donors (Lipinski definition) is 2. The molecule has 8 heteroatoms. The van der Waals surface area contributed by atoms with E-state index < -0.39 is 0 Å². The lowest BCUT2D eigenvalue weighted by molar-refractivity contribution is 0.530. The average molecular weight is 343 g/mol. The zero-order valence-electron chi connectivity index (χ0n) is 12.9. The summed E-state index contributed by atoms with van der Waals surface area (Å²) in [6.45, 7) is 0.710. The van der Waals surface area contributed by atoms with Gasteiger partial charge in [0.25, 0.3) is 5.56 Å². The Morgan fingerprint density at radius 1 is 1.25 bits per heavy atom. The second-order valence-electron chi connectivity index (χ2n) is 5.07. The molecule has 0 aliphatic carbocycles. The lowest BCUT2D eigenvalue weighted by Gasteiger charge is -2.06. The molecule has 0 unspecified atom stereocenters. The van der Waals surface area contributed by atoms with Crippen LogP contribution in [-0.2, 0) is 12.2 Å². The minimum absolute atomic E-state index is 0.146. The van der Waals surface area contributed by atoms with E-state index in [0.717, 1.165) is 22.8 Å². The number of hydrogen-bond acceptors (Lipinski definition) is 7. The third kappa shape index (κ3) is 4.69. The number of thioether (sulfide) groups is 1. The van der Waals surface area contributed by atoms with Crippen molar-refractivity contribution in [2.75, 3.05) is 17.6 Å². The molecule has 124 valence electrons. The summed E-state index contributed by atoms with van der Waals surface area (Å²) in [7, 11) is 0. The zero-order chi connectivity index (χ0) is 16.6. The van der Waals surface area contributed by atoms with Gasteiger partial charge in [-0.2, -0.15) is 22.0 Å². The smallest absolute Gasteiger partial charge is 0.255 e. The predicted molar refractivity (Wildman–Crippen MR) is 93.1 cm³/mol. The molecule has 7 nitrogen and oxygen atoms in total. The summed E-state index contributed by atoms with van der Waals surface area (Å²) in [6.07, 6.45) is 7.00. The number of rotatable bonds is 8. The topological polar surface area (TPSA) is 96.7 Å². The highest BCUT2D eigenvalue weighted by atomic mass is 32.2. The highest BCUT2D eigenvalue weighted by Gasteiger charge is 2.04. The van der Waals surface area contributed by atoms with Crippen molar-refractivity contribution < 1.29 is 4.42 Å². The van der Waals surface area contributed by atoms with Crippen molar-refractivity contribution in [1.29, 1.82) is 0 Å². The molecular formula is C16H17N5O2S. The fourth-order valence-electron chi connectivity index (χ4n) is 2.09. The van der Waals surface area contributed by atoms with E-state index in [-0.39, 0.29) is 5.56 Å². The summed E-state index contributed by atoms with van der Waals surface area (Å²) in [5.41, 5.74) is 1.38. The number of nitrogens with zero attached hydrogens (tertiary/aromatic N) is 3. The van der Waals surface area contributed by atoms with Gasteiger partial charge >= 0.3 is 0 Å². The summed E-state index contributed by atoms with van der Waals surface area (Å²) >= 11 is 1.75. The normalized spacial score (nSPS) is 10.7. The van der Waals surface area contributed by atoms with Crippen LogP contribution in [0.15, 0.2) is 52.3 Å². The Morgan fingerprint density at radius 3 is 2.96 bits per heavy atom. The van der Waals surface area contributed by atoms with Gasteiger partial charge < -0.3 is 9.73 Å². The van der Waals surface area contributed by atoms with Gasteiger partial charge in [0.05, 0.1) is 18.2 Å². The fourth-order valence-corrected chi connectivity index (χ4v) is 2.84. The van der Waals surface area contributed by atoms with Crippen molar-refractivity contribution in [3.05, 3.63) is 70.3 Å². The monoisotopic (exact) mass is 343 g/mol. The van der Waals surface area contributed by atoms with Crippen molar-refractivity contribution in [3.63, 3.8) is 0 Å². The lowest BCUT2D eigenvalue weighted by atomic mass is 10.1. The predicted octanol–water partition coefficient (Wildman–Crippen LogP) is 2.09. The Balaban J connectivity index is 1.47. The molecule has 2 N–H and O–H groups in total. The maximum Gasteiger partial charge on any atom is 0.255 e. The van der Waals surface area contributed by atoms with Crippen LogP contribution in [0.2, 0.25) is 0 Å². The van der Waals surface area contributed by atoms with Crippen LogP contribution in [0.4, 0.5) is 5.95 Å². The van der Waals surface area contributed by atoms with E-state index in [1.165, 1.54) is 0 Å². The van der Waals surface area contributed by atoms with Gasteiger partial charge in [-0.25, -0.2) is 4.98 Å². The lowest BCUT2D eigenvalue weighted by Crippen LogP contribution is -2.18. The fraction of sp³-hybridized carbons (Fsp3) is 0.250. The van der Waals surface area contributed by atoms with Crippen LogP contribution >= 0.6 is 11.8 Å². The molecule has 24 heavy (non-hydrogen) atoms.